The summed E-state index contributed by atoms with van der Waals surface area (Å²) in [6.45, 7) is 0. The number of rotatable bonds is 9. The lowest BCUT2D eigenvalue weighted by atomic mass is 9.88. The molecule has 1 atom stereocenters. The molecular formula is C20H25N5O2. The van der Waals surface area contributed by atoms with E-state index in [4.69, 9.17) is 27.1 Å². The Balaban J connectivity index is 2.16. The van der Waals surface area contributed by atoms with Crippen LogP contribution in [0.1, 0.15) is 41.0 Å². The number of amidine groups is 2. The van der Waals surface area contributed by atoms with E-state index in [9.17, 15) is 4.79 Å². The van der Waals surface area contributed by atoms with Crippen LogP contribution in [0, 0.1) is 10.8 Å². The van der Waals surface area contributed by atoms with Gasteiger partial charge in [-0.1, -0.05) is 42.5 Å². The van der Waals surface area contributed by atoms with Crippen molar-refractivity contribution in [2.75, 3.05) is 7.11 Å². The summed E-state index contributed by atoms with van der Waals surface area (Å²) in [4.78, 5) is 16.8. The highest BCUT2D eigenvalue weighted by Crippen LogP contribution is 2.26. The highest BCUT2D eigenvalue weighted by atomic mass is 16.6. The molecule has 0 radical (unpaired) electrons. The number of carbonyl (C=O) groups excluding carboxylic acids is 1. The number of carbonyl (C=O) groups is 1. The molecule has 1 amide bonds. The van der Waals surface area contributed by atoms with E-state index in [-0.39, 0.29) is 29.9 Å². The summed E-state index contributed by atoms with van der Waals surface area (Å²) >= 11 is 0. The molecule has 0 aromatic heterocycles. The fourth-order valence-corrected chi connectivity index (χ4v) is 2.92. The number of nitrogens with two attached hydrogens (primary N) is 2. The van der Waals surface area contributed by atoms with Gasteiger partial charge in [0.1, 0.15) is 11.7 Å². The zero-order valence-electron chi connectivity index (χ0n) is 15.3. The number of amides is 1. The second-order valence-corrected chi connectivity index (χ2v) is 6.32. The van der Waals surface area contributed by atoms with Gasteiger partial charge in [0.2, 0.25) is 5.91 Å². The molecule has 7 heteroatoms. The molecule has 2 aromatic rings. The number of benzene rings is 2. The number of aryl methyl sites for hydroxylation is 1. The Morgan fingerprint density at radius 3 is 2.33 bits per heavy atom. The molecule has 27 heavy (non-hydrogen) atoms. The van der Waals surface area contributed by atoms with E-state index >= 15 is 0 Å². The van der Waals surface area contributed by atoms with E-state index in [1.807, 2.05) is 42.5 Å². The molecule has 0 spiro atoms. The molecule has 0 unspecified atom stereocenters. The van der Waals surface area contributed by atoms with Crippen molar-refractivity contribution in [1.29, 1.82) is 10.8 Å². The number of hydrogen-bond donors (Lipinski definition) is 5. The Labute approximate surface area is 158 Å². The van der Waals surface area contributed by atoms with Crippen LogP contribution in [0.15, 0.2) is 48.5 Å². The minimum Gasteiger partial charge on any atom is -0.384 e. The van der Waals surface area contributed by atoms with Gasteiger partial charge in [-0.15, -0.1) is 0 Å². The lowest BCUT2D eigenvalue weighted by Crippen LogP contribution is -2.24. The third kappa shape index (κ3) is 5.93. The topological polar surface area (TPSA) is 138 Å². The third-order valence-electron chi connectivity index (χ3n) is 4.36. The summed E-state index contributed by atoms with van der Waals surface area (Å²) in [6.07, 6.45) is 1.76. The van der Waals surface area contributed by atoms with E-state index in [2.05, 4.69) is 5.48 Å². The summed E-state index contributed by atoms with van der Waals surface area (Å²) < 4.78 is 0. The van der Waals surface area contributed by atoms with Crippen molar-refractivity contribution >= 4 is 17.6 Å². The average molecular weight is 367 g/mol. The van der Waals surface area contributed by atoms with E-state index in [1.165, 1.54) is 7.11 Å². The van der Waals surface area contributed by atoms with Crippen molar-refractivity contribution in [1.82, 2.24) is 5.48 Å². The first-order chi connectivity index (χ1) is 12.9. The molecule has 0 saturated heterocycles. The lowest BCUT2D eigenvalue weighted by molar-refractivity contribution is -0.131. The number of hydrogen-bond acceptors (Lipinski definition) is 4. The predicted molar refractivity (Wildman–Crippen MR) is 106 cm³/mol. The Kier molecular flexibility index (Phi) is 7.08. The largest absolute Gasteiger partial charge is 0.384 e. The van der Waals surface area contributed by atoms with Crippen LogP contribution in [0.25, 0.3) is 0 Å². The van der Waals surface area contributed by atoms with Crippen LogP contribution in [-0.4, -0.2) is 24.7 Å². The Bertz CT molecular complexity index is 817. The van der Waals surface area contributed by atoms with Gasteiger partial charge in [0.25, 0.3) is 0 Å². The second kappa shape index (κ2) is 9.49. The van der Waals surface area contributed by atoms with Crippen LogP contribution < -0.4 is 16.9 Å². The molecular weight excluding hydrogens is 342 g/mol. The van der Waals surface area contributed by atoms with Gasteiger partial charge < -0.3 is 11.5 Å². The molecule has 2 rings (SSSR count). The molecule has 142 valence electrons. The van der Waals surface area contributed by atoms with Gasteiger partial charge in [-0.3, -0.25) is 20.5 Å². The maximum Gasteiger partial charge on any atom is 0.244 e. The summed E-state index contributed by atoms with van der Waals surface area (Å²) in [5.41, 5.74) is 16.8. The highest BCUT2D eigenvalue weighted by molar-refractivity contribution is 5.95. The van der Waals surface area contributed by atoms with Gasteiger partial charge in [-0.25, -0.2) is 5.48 Å². The minimum absolute atomic E-state index is 0.00300. The van der Waals surface area contributed by atoms with Crippen LogP contribution in [0.3, 0.4) is 0 Å². The van der Waals surface area contributed by atoms with E-state index in [0.717, 1.165) is 24.0 Å². The molecule has 7 nitrogen and oxygen atoms in total. The first kappa shape index (κ1) is 20.1. The highest BCUT2D eigenvalue weighted by Gasteiger charge is 2.17. The molecule has 0 heterocycles. The van der Waals surface area contributed by atoms with Gasteiger partial charge in [0.05, 0.1) is 7.11 Å². The van der Waals surface area contributed by atoms with Crippen molar-refractivity contribution < 1.29 is 9.63 Å². The number of nitrogen functional groups attached to an aromatic ring is 2. The maximum absolute atomic E-state index is 12.0. The normalized spacial score (nSPS) is 11.6. The number of hydroxylamine groups is 1. The molecule has 0 fully saturated rings. The smallest absolute Gasteiger partial charge is 0.244 e. The van der Waals surface area contributed by atoms with Crippen LogP contribution in [0.2, 0.25) is 0 Å². The van der Waals surface area contributed by atoms with Crippen molar-refractivity contribution in [3.63, 3.8) is 0 Å². The molecule has 0 aliphatic rings. The SMILES string of the molecule is CONC(=O)C[C@H](CCc1ccc(C(=N)N)cc1)c1cccc(C(=N)N)c1. The van der Waals surface area contributed by atoms with Crippen molar-refractivity contribution in [2.24, 2.45) is 11.5 Å². The van der Waals surface area contributed by atoms with Gasteiger partial charge in [0.15, 0.2) is 0 Å². The maximum atomic E-state index is 12.0. The van der Waals surface area contributed by atoms with Crippen molar-refractivity contribution in [3.8, 4) is 0 Å². The Morgan fingerprint density at radius 2 is 1.74 bits per heavy atom. The molecule has 7 N–H and O–H groups in total. The van der Waals surface area contributed by atoms with Gasteiger partial charge in [0, 0.05) is 17.5 Å². The molecule has 0 aliphatic carbocycles. The average Bonchev–Trinajstić information content (AvgIpc) is 2.65. The van der Waals surface area contributed by atoms with Crippen LogP contribution >= 0.6 is 0 Å². The van der Waals surface area contributed by atoms with E-state index in [0.29, 0.717) is 11.1 Å². The zero-order valence-corrected chi connectivity index (χ0v) is 15.3. The zero-order chi connectivity index (χ0) is 19.8. The van der Waals surface area contributed by atoms with Gasteiger partial charge >= 0.3 is 0 Å². The fourth-order valence-electron chi connectivity index (χ4n) is 2.92. The van der Waals surface area contributed by atoms with Gasteiger partial charge in [-0.05, 0) is 36.0 Å². The fraction of sp³-hybridized carbons (Fsp3) is 0.250. The monoisotopic (exact) mass is 367 g/mol. The molecule has 0 saturated carbocycles. The minimum atomic E-state index is -0.206. The third-order valence-corrected chi connectivity index (χ3v) is 4.36. The van der Waals surface area contributed by atoms with Crippen LogP contribution in [-0.2, 0) is 16.1 Å². The standard InChI is InChI=1S/C20H25N5O2/c1-27-25-18(26)12-16(15-3-2-4-17(11-15)20(23)24)10-7-13-5-8-14(9-6-13)19(21)22/h2-6,8-9,11,16H,7,10,12H2,1H3,(H3,21,22)(H3,23,24)(H,25,26)/t16-/m0/s1. The van der Waals surface area contributed by atoms with Gasteiger partial charge in [-0.2, -0.15) is 0 Å². The molecule has 0 aliphatic heterocycles. The lowest BCUT2D eigenvalue weighted by Gasteiger charge is -2.18. The first-order valence-corrected chi connectivity index (χ1v) is 8.60. The van der Waals surface area contributed by atoms with Crippen molar-refractivity contribution in [3.05, 3.63) is 70.8 Å². The number of nitrogens with one attached hydrogen (secondary N) is 3. The van der Waals surface area contributed by atoms with E-state index < -0.39 is 0 Å². The second-order valence-electron chi connectivity index (χ2n) is 6.32. The predicted octanol–water partition coefficient (Wildman–Crippen LogP) is 2.04. The molecule has 0 bridgehead atoms. The van der Waals surface area contributed by atoms with E-state index in [1.54, 1.807) is 6.07 Å². The quantitative estimate of drug-likeness (QED) is 0.263. The van der Waals surface area contributed by atoms with Crippen LogP contribution in [0.4, 0.5) is 0 Å². The summed E-state index contributed by atoms with van der Waals surface area (Å²) in [5.74, 6) is -0.219. The van der Waals surface area contributed by atoms with Crippen LogP contribution in [0.5, 0.6) is 0 Å². The van der Waals surface area contributed by atoms with Crippen molar-refractivity contribution in [2.45, 2.75) is 25.2 Å². The first-order valence-electron chi connectivity index (χ1n) is 8.60. The molecule has 2 aromatic carbocycles. The Morgan fingerprint density at radius 1 is 1.07 bits per heavy atom. The summed E-state index contributed by atoms with van der Waals surface area (Å²) in [5, 5.41) is 15.1. The summed E-state index contributed by atoms with van der Waals surface area (Å²) in [6, 6.07) is 14.9. The Hall–Kier alpha value is -3.19. The summed E-state index contributed by atoms with van der Waals surface area (Å²) in [7, 11) is 1.40.